The summed E-state index contributed by atoms with van der Waals surface area (Å²) in [5.74, 6) is 1.47. The van der Waals surface area contributed by atoms with Crippen LogP contribution in [0.3, 0.4) is 0 Å². The predicted molar refractivity (Wildman–Crippen MR) is 77.7 cm³/mol. The van der Waals surface area contributed by atoms with Crippen molar-refractivity contribution in [1.82, 2.24) is 0 Å². The summed E-state index contributed by atoms with van der Waals surface area (Å²) in [7, 11) is 3.08. The zero-order valence-corrected chi connectivity index (χ0v) is 13.5. The molecule has 0 aliphatic heterocycles. The minimum atomic E-state index is -0.978. The molecule has 19 heavy (non-hydrogen) atoms. The molecular weight excluding hydrogens is 380 g/mol. The highest BCUT2D eigenvalue weighted by molar-refractivity contribution is 9.13. The highest BCUT2D eigenvalue weighted by Gasteiger charge is 2.24. The summed E-state index contributed by atoms with van der Waals surface area (Å²) in [5.41, 5.74) is 0.529. The predicted octanol–water partition coefficient (Wildman–Crippen LogP) is 3.90. The van der Waals surface area contributed by atoms with E-state index in [0.717, 1.165) is 4.47 Å². The Balaban J connectivity index is 2.50. The molecule has 1 unspecified atom stereocenters. The van der Waals surface area contributed by atoms with Crippen LogP contribution in [0.15, 0.2) is 37.8 Å². The fraction of sp³-hybridized carbons (Fsp3) is 0.231. The Kier molecular flexibility index (Phi) is 4.54. The second kappa shape index (κ2) is 5.98. The van der Waals surface area contributed by atoms with Gasteiger partial charge in [0.15, 0.2) is 4.67 Å². The molecular formula is C13H12Br2O4. The van der Waals surface area contributed by atoms with Gasteiger partial charge in [-0.25, -0.2) is 0 Å². The zero-order chi connectivity index (χ0) is 14.0. The summed E-state index contributed by atoms with van der Waals surface area (Å²) >= 11 is 6.55. The lowest BCUT2D eigenvalue weighted by Crippen LogP contribution is -2.04. The monoisotopic (exact) mass is 390 g/mol. The van der Waals surface area contributed by atoms with Crippen molar-refractivity contribution in [2.75, 3.05) is 14.2 Å². The summed E-state index contributed by atoms with van der Waals surface area (Å²) in [6.45, 7) is 0. The molecule has 0 amide bonds. The van der Waals surface area contributed by atoms with E-state index in [1.165, 1.54) is 0 Å². The molecule has 0 spiro atoms. The molecule has 1 atom stereocenters. The SMILES string of the molecule is COc1cccc(OC)c1C(O)c1cc(Br)c(Br)o1. The lowest BCUT2D eigenvalue weighted by Gasteiger charge is -2.16. The minimum Gasteiger partial charge on any atom is -0.496 e. The van der Waals surface area contributed by atoms with E-state index in [9.17, 15) is 5.11 Å². The first-order chi connectivity index (χ1) is 9.08. The van der Waals surface area contributed by atoms with Gasteiger partial charge in [0, 0.05) is 0 Å². The summed E-state index contributed by atoms with van der Waals surface area (Å²) in [4.78, 5) is 0. The minimum absolute atomic E-state index is 0.390. The van der Waals surface area contributed by atoms with Gasteiger partial charge in [0.1, 0.15) is 23.4 Å². The summed E-state index contributed by atoms with van der Waals surface area (Å²) in [6, 6.07) is 7.00. The Hall–Kier alpha value is -0.980. The van der Waals surface area contributed by atoms with Crippen LogP contribution in [0.5, 0.6) is 11.5 Å². The number of furan rings is 1. The number of rotatable bonds is 4. The number of benzene rings is 1. The van der Waals surface area contributed by atoms with Crippen LogP contribution in [-0.4, -0.2) is 19.3 Å². The average Bonchev–Trinajstić information content (AvgIpc) is 2.76. The maximum absolute atomic E-state index is 10.5. The van der Waals surface area contributed by atoms with E-state index in [1.54, 1.807) is 38.5 Å². The van der Waals surface area contributed by atoms with Crippen LogP contribution in [0.4, 0.5) is 0 Å². The highest BCUT2D eigenvalue weighted by Crippen LogP contribution is 2.40. The van der Waals surface area contributed by atoms with Crippen LogP contribution < -0.4 is 9.47 Å². The van der Waals surface area contributed by atoms with Crippen molar-refractivity contribution < 1.29 is 19.0 Å². The average molecular weight is 392 g/mol. The van der Waals surface area contributed by atoms with E-state index >= 15 is 0 Å². The van der Waals surface area contributed by atoms with Crippen LogP contribution in [0.2, 0.25) is 0 Å². The molecule has 1 N–H and O–H groups in total. The second-order valence-corrected chi connectivity index (χ2v) is 5.32. The topological polar surface area (TPSA) is 51.8 Å². The van der Waals surface area contributed by atoms with Gasteiger partial charge in [-0.1, -0.05) is 6.07 Å². The number of aliphatic hydroxyl groups is 1. The van der Waals surface area contributed by atoms with Gasteiger partial charge in [-0.3, -0.25) is 0 Å². The normalized spacial score (nSPS) is 12.3. The third kappa shape index (κ3) is 2.80. The van der Waals surface area contributed by atoms with E-state index < -0.39 is 6.10 Å². The lowest BCUT2D eigenvalue weighted by molar-refractivity contribution is 0.179. The molecule has 0 saturated carbocycles. The van der Waals surface area contributed by atoms with Gasteiger partial charge in [0.05, 0.1) is 24.3 Å². The fourth-order valence-electron chi connectivity index (χ4n) is 1.79. The van der Waals surface area contributed by atoms with Gasteiger partial charge in [-0.15, -0.1) is 0 Å². The third-order valence-electron chi connectivity index (χ3n) is 2.67. The Morgan fingerprint density at radius 3 is 2.16 bits per heavy atom. The van der Waals surface area contributed by atoms with Crippen molar-refractivity contribution in [3.8, 4) is 11.5 Å². The number of methoxy groups -OCH3 is 2. The molecule has 1 heterocycles. The lowest BCUT2D eigenvalue weighted by atomic mass is 10.0. The van der Waals surface area contributed by atoms with Gasteiger partial charge in [0.25, 0.3) is 0 Å². The molecule has 2 rings (SSSR count). The van der Waals surface area contributed by atoms with Crippen molar-refractivity contribution >= 4 is 31.9 Å². The van der Waals surface area contributed by atoms with Crippen molar-refractivity contribution in [3.63, 3.8) is 0 Å². The van der Waals surface area contributed by atoms with Crippen molar-refractivity contribution in [2.24, 2.45) is 0 Å². The molecule has 1 aromatic heterocycles. The number of aliphatic hydroxyl groups excluding tert-OH is 1. The highest BCUT2D eigenvalue weighted by atomic mass is 79.9. The largest absolute Gasteiger partial charge is 0.496 e. The number of hydrogen-bond acceptors (Lipinski definition) is 4. The molecule has 4 nitrogen and oxygen atoms in total. The molecule has 0 aliphatic rings. The summed E-state index contributed by atoms with van der Waals surface area (Å²) in [6.07, 6.45) is -0.978. The van der Waals surface area contributed by atoms with Crippen molar-refractivity contribution in [2.45, 2.75) is 6.10 Å². The van der Waals surface area contributed by atoms with Crippen LogP contribution in [0, 0.1) is 0 Å². The Morgan fingerprint density at radius 1 is 1.16 bits per heavy atom. The Labute approximate surface area is 127 Å². The molecule has 6 heteroatoms. The number of halogens is 2. The smallest absolute Gasteiger partial charge is 0.183 e. The molecule has 0 bridgehead atoms. The zero-order valence-electron chi connectivity index (χ0n) is 10.3. The van der Waals surface area contributed by atoms with Gasteiger partial charge >= 0.3 is 0 Å². The van der Waals surface area contributed by atoms with Crippen molar-refractivity contribution in [1.29, 1.82) is 0 Å². The van der Waals surface area contributed by atoms with Crippen LogP contribution in [0.1, 0.15) is 17.4 Å². The second-order valence-electron chi connectivity index (χ2n) is 3.75. The molecule has 2 aromatic rings. The molecule has 1 aromatic carbocycles. The Bertz CT molecular complexity index is 538. The van der Waals surface area contributed by atoms with Gasteiger partial charge in [0.2, 0.25) is 0 Å². The first kappa shape index (κ1) is 14.4. The van der Waals surface area contributed by atoms with Crippen LogP contribution in [0.25, 0.3) is 0 Å². The first-order valence-electron chi connectivity index (χ1n) is 5.42. The number of ether oxygens (including phenoxy) is 2. The third-order valence-corrected chi connectivity index (χ3v) is 4.38. The molecule has 0 aliphatic carbocycles. The van der Waals surface area contributed by atoms with Crippen molar-refractivity contribution in [3.05, 3.63) is 44.7 Å². The van der Waals surface area contributed by atoms with E-state index in [4.69, 9.17) is 13.9 Å². The first-order valence-corrected chi connectivity index (χ1v) is 7.00. The molecule has 0 saturated heterocycles. The van der Waals surface area contributed by atoms with E-state index in [2.05, 4.69) is 31.9 Å². The molecule has 0 radical (unpaired) electrons. The molecule has 0 fully saturated rings. The van der Waals surface area contributed by atoms with E-state index in [1.807, 2.05) is 0 Å². The quantitative estimate of drug-likeness (QED) is 0.858. The summed E-state index contributed by atoms with van der Waals surface area (Å²) < 4.78 is 17.2. The summed E-state index contributed by atoms with van der Waals surface area (Å²) in [5, 5.41) is 10.5. The van der Waals surface area contributed by atoms with Crippen LogP contribution in [-0.2, 0) is 0 Å². The fourth-order valence-corrected chi connectivity index (χ4v) is 2.40. The van der Waals surface area contributed by atoms with Crippen LogP contribution >= 0.6 is 31.9 Å². The van der Waals surface area contributed by atoms with Gasteiger partial charge < -0.3 is 19.0 Å². The van der Waals surface area contributed by atoms with Gasteiger partial charge in [-0.2, -0.15) is 0 Å². The number of hydrogen-bond donors (Lipinski definition) is 1. The molecule has 102 valence electrons. The van der Waals surface area contributed by atoms with Gasteiger partial charge in [-0.05, 0) is 50.1 Å². The maximum Gasteiger partial charge on any atom is 0.183 e. The van der Waals surface area contributed by atoms with E-state index in [-0.39, 0.29) is 0 Å². The van der Waals surface area contributed by atoms with E-state index in [0.29, 0.717) is 27.5 Å². The standard InChI is InChI=1S/C13H12Br2O4/c1-17-8-4-3-5-9(18-2)11(8)12(16)10-6-7(14)13(15)19-10/h3-6,12,16H,1-2H3. The maximum atomic E-state index is 10.5. The Morgan fingerprint density at radius 2 is 1.74 bits per heavy atom.